The van der Waals surface area contributed by atoms with Crippen LogP contribution in [0.2, 0.25) is 0 Å². The van der Waals surface area contributed by atoms with E-state index in [4.69, 9.17) is 4.74 Å². The van der Waals surface area contributed by atoms with Crippen LogP contribution in [0.15, 0.2) is 53.3 Å². The van der Waals surface area contributed by atoms with Gasteiger partial charge in [0.2, 0.25) is 0 Å². The molecular formula is C22H21FN2O3. The van der Waals surface area contributed by atoms with E-state index in [9.17, 15) is 14.0 Å². The number of fused-ring (bicyclic) bond motifs is 1. The average molecular weight is 380 g/mol. The molecule has 6 heteroatoms. The summed E-state index contributed by atoms with van der Waals surface area (Å²) in [7, 11) is 0. The first-order valence-corrected chi connectivity index (χ1v) is 9.32. The van der Waals surface area contributed by atoms with Gasteiger partial charge in [-0.05, 0) is 55.5 Å². The largest absolute Gasteiger partial charge is 0.484 e. The van der Waals surface area contributed by atoms with Crippen LogP contribution in [0, 0.1) is 18.7 Å². The van der Waals surface area contributed by atoms with Gasteiger partial charge in [0.15, 0.2) is 6.61 Å². The second-order valence-electron chi connectivity index (χ2n) is 7.22. The van der Waals surface area contributed by atoms with Crippen molar-refractivity contribution in [2.75, 3.05) is 11.9 Å². The van der Waals surface area contributed by atoms with Crippen LogP contribution in [0.25, 0.3) is 10.9 Å². The van der Waals surface area contributed by atoms with Gasteiger partial charge < -0.3 is 14.6 Å². The summed E-state index contributed by atoms with van der Waals surface area (Å²) < 4.78 is 21.0. The summed E-state index contributed by atoms with van der Waals surface area (Å²) >= 11 is 0. The van der Waals surface area contributed by atoms with Crippen molar-refractivity contribution in [1.29, 1.82) is 0 Å². The molecule has 0 aliphatic heterocycles. The monoisotopic (exact) mass is 380 g/mol. The summed E-state index contributed by atoms with van der Waals surface area (Å²) in [6.07, 6.45) is 2.29. The van der Waals surface area contributed by atoms with Crippen LogP contribution in [0.4, 0.5) is 10.1 Å². The highest BCUT2D eigenvalue weighted by Gasteiger charge is 2.23. The third kappa shape index (κ3) is 3.91. The van der Waals surface area contributed by atoms with Gasteiger partial charge in [-0.1, -0.05) is 12.1 Å². The summed E-state index contributed by atoms with van der Waals surface area (Å²) in [6, 6.07) is 13.1. The molecule has 1 saturated carbocycles. The van der Waals surface area contributed by atoms with Gasteiger partial charge in [-0.15, -0.1) is 0 Å². The standard InChI is InChI=1S/C22H21FN2O3/c1-14-10-22(27)25(12-15-6-7-15)20-11-16(8-9-17(14)20)28-13-21(26)24-19-5-3-2-4-18(19)23/h2-5,8-11,15H,6-7,12-13H2,1H3,(H,24,26). The number of nitrogens with zero attached hydrogens (tertiary/aromatic N) is 1. The number of pyridine rings is 1. The molecule has 5 nitrogen and oxygen atoms in total. The normalized spacial score (nSPS) is 13.5. The smallest absolute Gasteiger partial charge is 0.262 e. The molecule has 144 valence electrons. The number of carbonyl (C=O) groups excluding carboxylic acids is 1. The minimum atomic E-state index is -0.499. The topological polar surface area (TPSA) is 60.3 Å². The van der Waals surface area contributed by atoms with Crippen LogP contribution in [0.5, 0.6) is 5.75 Å². The molecule has 0 unspecified atom stereocenters. The van der Waals surface area contributed by atoms with E-state index in [1.165, 1.54) is 12.1 Å². The molecule has 4 rings (SSSR count). The molecule has 1 heterocycles. The van der Waals surface area contributed by atoms with Gasteiger partial charge in [0.1, 0.15) is 11.6 Å². The lowest BCUT2D eigenvalue weighted by molar-refractivity contribution is -0.118. The minimum Gasteiger partial charge on any atom is -0.484 e. The van der Waals surface area contributed by atoms with Crippen molar-refractivity contribution in [3.63, 3.8) is 0 Å². The van der Waals surface area contributed by atoms with Crippen LogP contribution in [-0.2, 0) is 11.3 Å². The van der Waals surface area contributed by atoms with Crippen LogP contribution < -0.4 is 15.6 Å². The molecule has 0 radical (unpaired) electrons. The summed E-state index contributed by atoms with van der Waals surface area (Å²) in [6.45, 7) is 2.36. The van der Waals surface area contributed by atoms with E-state index in [-0.39, 0.29) is 17.9 Å². The molecule has 1 amide bonds. The molecule has 2 aromatic carbocycles. The Bertz CT molecular complexity index is 1100. The van der Waals surface area contributed by atoms with Crippen molar-refractivity contribution in [3.05, 3.63) is 70.3 Å². The molecule has 0 saturated heterocycles. The summed E-state index contributed by atoms with van der Waals surface area (Å²) in [5, 5.41) is 3.48. The number of nitrogens with one attached hydrogen (secondary N) is 1. The third-order valence-corrected chi connectivity index (χ3v) is 4.95. The third-order valence-electron chi connectivity index (χ3n) is 4.95. The van der Waals surface area contributed by atoms with Gasteiger partial charge in [0.25, 0.3) is 11.5 Å². The molecule has 1 fully saturated rings. The van der Waals surface area contributed by atoms with Crippen molar-refractivity contribution in [2.45, 2.75) is 26.3 Å². The number of amides is 1. The van der Waals surface area contributed by atoms with Gasteiger partial charge in [-0.25, -0.2) is 4.39 Å². The highest BCUT2D eigenvalue weighted by molar-refractivity contribution is 5.92. The Labute approximate surface area is 161 Å². The van der Waals surface area contributed by atoms with Crippen molar-refractivity contribution < 1.29 is 13.9 Å². The maximum absolute atomic E-state index is 13.6. The fourth-order valence-corrected chi connectivity index (χ4v) is 3.26. The lowest BCUT2D eigenvalue weighted by Gasteiger charge is -2.14. The van der Waals surface area contributed by atoms with Gasteiger partial charge in [0.05, 0.1) is 11.2 Å². The Balaban J connectivity index is 1.53. The van der Waals surface area contributed by atoms with E-state index >= 15 is 0 Å². The number of rotatable bonds is 6. The molecule has 0 atom stereocenters. The zero-order valence-electron chi connectivity index (χ0n) is 15.6. The van der Waals surface area contributed by atoms with E-state index in [0.29, 0.717) is 18.2 Å². The molecule has 1 N–H and O–H groups in total. The first-order chi connectivity index (χ1) is 13.5. The number of carbonyl (C=O) groups is 1. The van der Waals surface area contributed by atoms with Crippen molar-refractivity contribution >= 4 is 22.5 Å². The number of hydrogen-bond donors (Lipinski definition) is 1. The van der Waals surface area contributed by atoms with Crippen LogP contribution in [-0.4, -0.2) is 17.1 Å². The van der Waals surface area contributed by atoms with Crippen LogP contribution in [0.1, 0.15) is 18.4 Å². The molecule has 28 heavy (non-hydrogen) atoms. The molecular weight excluding hydrogens is 359 g/mol. The molecule has 0 bridgehead atoms. The van der Waals surface area contributed by atoms with Crippen molar-refractivity contribution in [2.24, 2.45) is 5.92 Å². The number of aromatic nitrogens is 1. The number of hydrogen-bond acceptors (Lipinski definition) is 3. The van der Waals surface area contributed by atoms with E-state index in [0.717, 1.165) is 29.3 Å². The predicted molar refractivity (Wildman–Crippen MR) is 106 cm³/mol. The Hall–Kier alpha value is -3.15. The number of ether oxygens (including phenoxy) is 1. The van der Waals surface area contributed by atoms with E-state index in [1.54, 1.807) is 34.9 Å². The molecule has 1 aliphatic carbocycles. The zero-order chi connectivity index (χ0) is 19.7. The minimum absolute atomic E-state index is 0.0219. The van der Waals surface area contributed by atoms with E-state index in [2.05, 4.69) is 5.32 Å². The van der Waals surface area contributed by atoms with Gasteiger partial charge >= 0.3 is 0 Å². The zero-order valence-corrected chi connectivity index (χ0v) is 15.6. The van der Waals surface area contributed by atoms with Crippen LogP contribution in [0.3, 0.4) is 0 Å². The van der Waals surface area contributed by atoms with E-state index < -0.39 is 11.7 Å². The summed E-state index contributed by atoms with van der Waals surface area (Å²) in [4.78, 5) is 24.5. The molecule has 3 aromatic rings. The second-order valence-corrected chi connectivity index (χ2v) is 7.22. The Morgan fingerprint density at radius 1 is 1.21 bits per heavy atom. The average Bonchev–Trinajstić information content (AvgIpc) is 3.49. The van der Waals surface area contributed by atoms with Gasteiger partial charge in [-0.2, -0.15) is 0 Å². The van der Waals surface area contributed by atoms with Crippen LogP contribution >= 0.6 is 0 Å². The molecule has 1 aromatic heterocycles. The number of halogens is 1. The highest BCUT2D eigenvalue weighted by Crippen LogP contribution is 2.32. The number of para-hydroxylation sites is 1. The maximum atomic E-state index is 13.6. The van der Waals surface area contributed by atoms with Crippen molar-refractivity contribution in [3.8, 4) is 5.75 Å². The van der Waals surface area contributed by atoms with E-state index in [1.807, 2.05) is 13.0 Å². The Morgan fingerprint density at radius 3 is 2.75 bits per heavy atom. The summed E-state index contributed by atoms with van der Waals surface area (Å²) in [5.74, 6) is 0.0939. The SMILES string of the molecule is Cc1cc(=O)n(CC2CC2)c2cc(OCC(=O)Nc3ccccc3F)ccc12. The van der Waals surface area contributed by atoms with Crippen molar-refractivity contribution in [1.82, 2.24) is 4.57 Å². The first-order valence-electron chi connectivity index (χ1n) is 9.32. The Morgan fingerprint density at radius 2 is 2.00 bits per heavy atom. The fourth-order valence-electron chi connectivity index (χ4n) is 3.26. The second kappa shape index (κ2) is 7.46. The number of aryl methyl sites for hydroxylation is 1. The fraction of sp³-hybridized carbons (Fsp3) is 0.273. The molecule has 1 aliphatic rings. The van der Waals surface area contributed by atoms with Gasteiger partial charge in [-0.3, -0.25) is 9.59 Å². The predicted octanol–water partition coefficient (Wildman–Crippen LogP) is 3.88. The maximum Gasteiger partial charge on any atom is 0.262 e. The lowest BCUT2D eigenvalue weighted by atomic mass is 10.1. The summed E-state index contributed by atoms with van der Waals surface area (Å²) in [5.41, 5.74) is 1.81. The first kappa shape index (κ1) is 18.2. The lowest BCUT2D eigenvalue weighted by Crippen LogP contribution is -2.22. The number of anilines is 1. The quantitative estimate of drug-likeness (QED) is 0.706. The van der Waals surface area contributed by atoms with Gasteiger partial charge in [0, 0.05) is 24.1 Å². The highest BCUT2D eigenvalue weighted by atomic mass is 19.1. The molecule has 0 spiro atoms. The number of benzene rings is 2. The Kier molecular flexibility index (Phi) is 4.86.